The van der Waals surface area contributed by atoms with Crippen LogP contribution < -0.4 is 4.90 Å². The highest BCUT2D eigenvalue weighted by Crippen LogP contribution is 2.31. The van der Waals surface area contributed by atoms with E-state index in [0.29, 0.717) is 16.8 Å². The van der Waals surface area contributed by atoms with Crippen LogP contribution >= 0.6 is 0 Å². The summed E-state index contributed by atoms with van der Waals surface area (Å²) in [5, 5.41) is 8.97. The van der Waals surface area contributed by atoms with Crippen molar-refractivity contribution in [2.24, 2.45) is 0 Å². The Morgan fingerprint density at radius 1 is 1.24 bits per heavy atom. The molecule has 1 heterocycles. The lowest BCUT2D eigenvalue weighted by molar-refractivity contribution is -0.117. The fourth-order valence-electron chi connectivity index (χ4n) is 2.51. The molecular formula is C16H12FNO3. The third kappa shape index (κ3) is 2.50. The quantitative estimate of drug-likeness (QED) is 0.943. The van der Waals surface area contributed by atoms with Gasteiger partial charge in [0.2, 0.25) is 5.91 Å². The molecule has 0 atom stereocenters. The molecule has 2 aromatic rings. The van der Waals surface area contributed by atoms with Gasteiger partial charge in [0.1, 0.15) is 5.82 Å². The van der Waals surface area contributed by atoms with Crippen LogP contribution in [0.2, 0.25) is 0 Å². The number of carboxylic acid groups (broad SMARTS) is 1. The molecule has 5 heteroatoms. The molecule has 0 saturated heterocycles. The van der Waals surface area contributed by atoms with Gasteiger partial charge >= 0.3 is 5.97 Å². The lowest BCUT2D eigenvalue weighted by Crippen LogP contribution is -2.26. The summed E-state index contributed by atoms with van der Waals surface area (Å²) >= 11 is 0. The van der Waals surface area contributed by atoms with Crippen molar-refractivity contribution >= 4 is 17.6 Å². The first-order valence-corrected chi connectivity index (χ1v) is 6.45. The first-order chi connectivity index (χ1) is 10.0. The Hall–Kier alpha value is -2.69. The van der Waals surface area contributed by atoms with Gasteiger partial charge in [0.25, 0.3) is 0 Å². The summed E-state index contributed by atoms with van der Waals surface area (Å²) in [7, 11) is 0. The molecule has 1 aliphatic rings. The van der Waals surface area contributed by atoms with Crippen LogP contribution in [-0.2, 0) is 17.8 Å². The molecule has 4 nitrogen and oxygen atoms in total. The second-order valence-electron chi connectivity index (χ2n) is 4.94. The van der Waals surface area contributed by atoms with Crippen molar-refractivity contribution in [3.8, 4) is 0 Å². The van der Waals surface area contributed by atoms with E-state index >= 15 is 0 Å². The largest absolute Gasteiger partial charge is 0.478 e. The van der Waals surface area contributed by atoms with E-state index in [1.807, 2.05) is 0 Å². The fourth-order valence-corrected chi connectivity index (χ4v) is 2.51. The first-order valence-electron chi connectivity index (χ1n) is 6.45. The summed E-state index contributed by atoms with van der Waals surface area (Å²) in [6, 6.07) is 10.7. The summed E-state index contributed by atoms with van der Waals surface area (Å²) in [6.45, 7) is 0.274. The van der Waals surface area contributed by atoms with E-state index in [4.69, 9.17) is 5.11 Å². The zero-order valence-electron chi connectivity index (χ0n) is 11.0. The van der Waals surface area contributed by atoms with Crippen LogP contribution in [0.5, 0.6) is 0 Å². The molecule has 0 saturated carbocycles. The van der Waals surface area contributed by atoms with Gasteiger partial charge in [-0.2, -0.15) is 0 Å². The van der Waals surface area contributed by atoms with Gasteiger partial charge in [0.05, 0.1) is 18.5 Å². The highest BCUT2D eigenvalue weighted by Gasteiger charge is 2.28. The van der Waals surface area contributed by atoms with Gasteiger partial charge in [-0.05, 0) is 41.5 Å². The molecule has 1 amide bonds. The van der Waals surface area contributed by atoms with Gasteiger partial charge in [-0.3, -0.25) is 4.79 Å². The Morgan fingerprint density at radius 2 is 2.05 bits per heavy atom. The summed E-state index contributed by atoms with van der Waals surface area (Å²) in [5.74, 6) is -1.48. The molecule has 0 unspecified atom stereocenters. The normalized spacial score (nSPS) is 13.4. The van der Waals surface area contributed by atoms with Crippen LogP contribution in [-0.4, -0.2) is 17.0 Å². The van der Waals surface area contributed by atoms with Crippen molar-refractivity contribution in [2.45, 2.75) is 13.0 Å². The number of fused-ring (bicyclic) bond motifs is 1. The Morgan fingerprint density at radius 3 is 2.76 bits per heavy atom. The lowest BCUT2D eigenvalue weighted by atomic mass is 10.1. The molecule has 0 radical (unpaired) electrons. The Balaban J connectivity index is 1.92. The summed E-state index contributed by atoms with van der Waals surface area (Å²) in [5.41, 5.74) is 2.23. The number of carboxylic acids is 1. The van der Waals surface area contributed by atoms with E-state index < -0.39 is 5.97 Å². The number of nitrogens with zero attached hydrogens (tertiary/aromatic N) is 1. The van der Waals surface area contributed by atoms with Crippen molar-refractivity contribution in [1.29, 1.82) is 0 Å². The van der Waals surface area contributed by atoms with Crippen molar-refractivity contribution < 1.29 is 19.1 Å². The zero-order valence-corrected chi connectivity index (χ0v) is 11.0. The predicted octanol–water partition coefficient (Wildman–Crippen LogP) is 2.61. The van der Waals surface area contributed by atoms with E-state index in [0.717, 1.165) is 0 Å². The van der Waals surface area contributed by atoms with Crippen LogP contribution in [0.4, 0.5) is 10.1 Å². The van der Waals surface area contributed by atoms with Crippen molar-refractivity contribution in [3.63, 3.8) is 0 Å². The smallest absolute Gasteiger partial charge is 0.335 e. The minimum atomic E-state index is -1.02. The molecule has 0 bridgehead atoms. The molecule has 21 heavy (non-hydrogen) atoms. The number of rotatable bonds is 3. The number of carbonyl (C=O) groups excluding carboxylic acids is 1. The van der Waals surface area contributed by atoms with E-state index in [1.54, 1.807) is 23.1 Å². The molecule has 1 aliphatic heterocycles. The maximum atomic E-state index is 13.2. The number of hydrogen-bond donors (Lipinski definition) is 1. The molecule has 1 N–H and O–H groups in total. The van der Waals surface area contributed by atoms with Crippen molar-refractivity contribution in [1.82, 2.24) is 0 Å². The number of benzene rings is 2. The topological polar surface area (TPSA) is 57.6 Å². The average molecular weight is 285 g/mol. The number of anilines is 1. The van der Waals surface area contributed by atoms with E-state index in [9.17, 15) is 14.0 Å². The second-order valence-corrected chi connectivity index (χ2v) is 4.94. The first kappa shape index (κ1) is 13.3. The van der Waals surface area contributed by atoms with Gasteiger partial charge in [0, 0.05) is 5.69 Å². The molecule has 106 valence electrons. The van der Waals surface area contributed by atoms with Gasteiger partial charge in [-0.1, -0.05) is 12.1 Å². The molecule has 0 spiro atoms. The SMILES string of the molecule is O=C(O)c1ccc2c(c1)CC(=O)N2Cc1cccc(F)c1. The molecule has 0 fully saturated rings. The highest BCUT2D eigenvalue weighted by atomic mass is 19.1. The van der Waals surface area contributed by atoms with Crippen LogP contribution in [0, 0.1) is 5.82 Å². The number of halogens is 1. The van der Waals surface area contributed by atoms with Gasteiger partial charge in [-0.15, -0.1) is 0 Å². The fraction of sp³-hybridized carbons (Fsp3) is 0.125. The van der Waals surface area contributed by atoms with Crippen LogP contribution in [0.25, 0.3) is 0 Å². The predicted molar refractivity (Wildman–Crippen MR) is 74.7 cm³/mol. The molecule has 3 rings (SSSR count). The number of aromatic carboxylic acids is 1. The monoisotopic (exact) mass is 285 g/mol. The summed E-state index contributed by atoms with van der Waals surface area (Å²) in [4.78, 5) is 24.6. The number of amides is 1. The van der Waals surface area contributed by atoms with Crippen LogP contribution in [0.1, 0.15) is 21.5 Å². The Bertz CT molecular complexity index is 742. The lowest BCUT2D eigenvalue weighted by Gasteiger charge is -2.17. The van der Waals surface area contributed by atoms with Gasteiger partial charge in [0.15, 0.2) is 0 Å². The van der Waals surface area contributed by atoms with E-state index in [1.165, 1.54) is 24.3 Å². The Kier molecular flexibility index (Phi) is 3.17. The second kappa shape index (κ2) is 5.01. The number of hydrogen-bond acceptors (Lipinski definition) is 2. The van der Waals surface area contributed by atoms with Crippen molar-refractivity contribution in [2.75, 3.05) is 4.90 Å². The van der Waals surface area contributed by atoms with E-state index in [2.05, 4.69) is 0 Å². The van der Waals surface area contributed by atoms with Gasteiger partial charge in [-0.25, -0.2) is 9.18 Å². The summed E-state index contributed by atoms with van der Waals surface area (Å²) in [6.07, 6.45) is 0.172. The van der Waals surface area contributed by atoms with Crippen molar-refractivity contribution in [3.05, 3.63) is 65.0 Å². The van der Waals surface area contributed by atoms with Crippen LogP contribution in [0.3, 0.4) is 0 Å². The zero-order chi connectivity index (χ0) is 15.0. The van der Waals surface area contributed by atoms with Gasteiger partial charge < -0.3 is 10.0 Å². The Labute approximate surface area is 120 Å². The molecular weight excluding hydrogens is 273 g/mol. The molecule has 0 aliphatic carbocycles. The maximum Gasteiger partial charge on any atom is 0.335 e. The minimum absolute atomic E-state index is 0.114. The molecule has 0 aromatic heterocycles. The third-order valence-electron chi connectivity index (χ3n) is 3.49. The summed E-state index contributed by atoms with van der Waals surface area (Å²) < 4.78 is 13.2. The van der Waals surface area contributed by atoms with Crippen LogP contribution in [0.15, 0.2) is 42.5 Å². The standard InChI is InChI=1S/C16H12FNO3/c17-13-3-1-2-10(6-13)9-18-14-5-4-11(16(20)21)7-12(14)8-15(18)19/h1-7H,8-9H2,(H,20,21). The highest BCUT2D eigenvalue weighted by molar-refractivity contribution is 6.02. The molecule has 2 aromatic carbocycles. The maximum absolute atomic E-state index is 13.2. The third-order valence-corrected chi connectivity index (χ3v) is 3.49. The van der Waals surface area contributed by atoms with E-state index in [-0.39, 0.29) is 30.3 Å². The number of carbonyl (C=O) groups is 2. The average Bonchev–Trinajstić information content (AvgIpc) is 2.74. The minimum Gasteiger partial charge on any atom is -0.478 e.